The highest BCUT2D eigenvalue weighted by Gasteiger charge is 2.87. The van der Waals surface area contributed by atoms with Gasteiger partial charge in [0, 0.05) is 10.8 Å². The van der Waals surface area contributed by atoms with Crippen molar-refractivity contribution < 1.29 is 23.8 Å². The van der Waals surface area contributed by atoms with Crippen LogP contribution >= 0.6 is 0 Å². The molecule has 5 heteroatoms. The average molecular weight is 423 g/mol. The van der Waals surface area contributed by atoms with Crippen LogP contribution in [0.3, 0.4) is 0 Å². The molecule has 5 aliphatic rings. The largest absolute Gasteiger partial charge is 0.504 e. The third-order valence-electron chi connectivity index (χ3n) is 10.2. The molecule has 1 aliphatic heterocycles. The Balaban J connectivity index is 1.57. The van der Waals surface area contributed by atoms with E-state index < -0.39 is 21.8 Å². The van der Waals surface area contributed by atoms with E-state index in [4.69, 9.17) is 9.15 Å². The summed E-state index contributed by atoms with van der Waals surface area (Å²) in [4.78, 5) is 26.7. The van der Waals surface area contributed by atoms with Crippen LogP contribution < -0.4 is 0 Å². The van der Waals surface area contributed by atoms with Gasteiger partial charge in [0.15, 0.2) is 11.5 Å². The molecule has 0 amide bonds. The Morgan fingerprint density at radius 2 is 1.87 bits per heavy atom. The van der Waals surface area contributed by atoms with Crippen molar-refractivity contribution in [3.8, 4) is 0 Å². The number of aliphatic hydroxyl groups is 1. The van der Waals surface area contributed by atoms with Crippen molar-refractivity contribution in [2.75, 3.05) is 0 Å². The molecule has 3 fully saturated rings. The molecule has 164 valence electrons. The fraction of sp³-hybridized carbons (Fsp3) is 0.615. The van der Waals surface area contributed by atoms with Crippen molar-refractivity contribution in [3.63, 3.8) is 0 Å². The molecule has 1 N–H and O–H groups in total. The van der Waals surface area contributed by atoms with Gasteiger partial charge < -0.3 is 14.3 Å². The number of ketones is 2. The highest BCUT2D eigenvalue weighted by Crippen LogP contribution is 2.81. The normalized spacial score (nSPS) is 49.4. The maximum absolute atomic E-state index is 14.0. The van der Waals surface area contributed by atoms with E-state index >= 15 is 0 Å². The number of carbonyl (C=O) groups is 2. The molecule has 0 aromatic carbocycles. The number of rotatable bonds is 1. The first-order valence-corrected chi connectivity index (χ1v) is 11.4. The number of hydrogen-bond donors (Lipinski definition) is 1. The van der Waals surface area contributed by atoms with Crippen molar-refractivity contribution >= 4 is 11.6 Å². The van der Waals surface area contributed by atoms with E-state index in [-0.39, 0.29) is 40.7 Å². The van der Waals surface area contributed by atoms with Gasteiger partial charge in [-0.15, -0.1) is 0 Å². The van der Waals surface area contributed by atoms with Crippen LogP contribution in [0.4, 0.5) is 0 Å². The second kappa shape index (κ2) is 5.25. The van der Waals surface area contributed by atoms with Gasteiger partial charge in [-0.25, -0.2) is 0 Å². The molecule has 2 saturated carbocycles. The number of ether oxygens (including phenoxy) is 1. The van der Waals surface area contributed by atoms with Crippen LogP contribution in [-0.4, -0.2) is 28.4 Å². The topological polar surface area (TPSA) is 80.0 Å². The van der Waals surface area contributed by atoms with E-state index in [1.165, 1.54) is 5.56 Å². The zero-order chi connectivity index (χ0) is 22.2. The number of allylic oxidation sites excluding steroid dienone is 4. The Labute approximate surface area is 182 Å². The first kappa shape index (κ1) is 19.5. The number of aliphatic hydroxyl groups excluding tert-OH is 1. The van der Waals surface area contributed by atoms with Crippen molar-refractivity contribution in [3.05, 3.63) is 47.6 Å². The Hall–Kier alpha value is -2.14. The monoisotopic (exact) mass is 422 g/mol. The quantitative estimate of drug-likeness (QED) is 0.652. The minimum atomic E-state index is -0.901. The number of Topliss-reactive ketones (excluding diaryl/α,β-unsaturated/α-hetero) is 1. The highest BCUT2D eigenvalue weighted by molar-refractivity contribution is 6.06. The molecule has 0 unspecified atom stereocenters. The fourth-order valence-electron chi connectivity index (χ4n) is 8.78. The predicted octanol–water partition coefficient (Wildman–Crippen LogP) is 4.89. The summed E-state index contributed by atoms with van der Waals surface area (Å²) in [5.41, 5.74) is -1.40. The van der Waals surface area contributed by atoms with Gasteiger partial charge in [0.05, 0.1) is 29.5 Å². The lowest BCUT2D eigenvalue weighted by Gasteiger charge is -2.62. The molecule has 31 heavy (non-hydrogen) atoms. The highest BCUT2D eigenvalue weighted by atomic mass is 16.6. The Morgan fingerprint density at radius 1 is 1.13 bits per heavy atom. The summed E-state index contributed by atoms with van der Waals surface area (Å²) >= 11 is 0. The molecular weight excluding hydrogens is 392 g/mol. The molecule has 1 saturated heterocycles. The summed E-state index contributed by atoms with van der Waals surface area (Å²) in [6.07, 6.45) is 9.76. The third-order valence-corrected chi connectivity index (χ3v) is 10.2. The van der Waals surface area contributed by atoms with Gasteiger partial charge in [-0.3, -0.25) is 9.59 Å². The van der Waals surface area contributed by atoms with Gasteiger partial charge in [0.2, 0.25) is 5.78 Å². The number of furan rings is 1. The van der Waals surface area contributed by atoms with E-state index in [2.05, 4.69) is 13.8 Å². The Bertz CT molecular complexity index is 1090. The molecule has 0 bridgehead atoms. The zero-order valence-corrected chi connectivity index (χ0v) is 18.8. The van der Waals surface area contributed by atoms with Gasteiger partial charge in [-0.1, -0.05) is 19.9 Å². The SMILES string of the molecule is CC1(C)C(=O)C=C[C@]2(C)C1=C(O)C(=O)[C@]1(C)[C@@H]2CC[C@@]2(C)[C@@H](c3ccoc3)C[C@H]3O[C@@]321. The van der Waals surface area contributed by atoms with E-state index in [0.29, 0.717) is 5.57 Å². The maximum atomic E-state index is 14.0. The van der Waals surface area contributed by atoms with Gasteiger partial charge in [0.25, 0.3) is 0 Å². The van der Waals surface area contributed by atoms with Crippen molar-refractivity contribution in [1.82, 2.24) is 0 Å². The molecule has 0 radical (unpaired) electrons. The molecule has 5 nitrogen and oxygen atoms in total. The maximum Gasteiger partial charge on any atom is 0.206 e. The van der Waals surface area contributed by atoms with Crippen molar-refractivity contribution in [2.24, 2.45) is 27.6 Å². The molecule has 6 rings (SSSR count). The molecule has 2 heterocycles. The van der Waals surface area contributed by atoms with Gasteiger partial charge in [-0.2, -0.15) is 0 Å². The average Bonchev–Trinajstić information content (AvgIpc) is 3.07. The van der Waals surface area contributed by atoms with E-state index in [1.54, 1.807) is 12.3 Å². The van der Waals surface area contributed by atoms with E-state index in [1.807, 2.05) is 39.2 Å². The van der Waals surface area contributed by atoms with Gasteiger partial charge in [-0.05, 0) is 75.1 Å². The van der Waals surface area contributed by atoms with Crippen LogP contribution in [0.25, 0.3) is 0 Å². The van der Waals surface area contributed by atoms with Crippen LogP contribution in [-0.2, 0) is 14.3 Å². The molecule has 7 atom stereocenters. The van der Waals surface area contributed by atoms with Crippen LogP contribution in [0.15, 0.2) is 46.5 Å². The number of epoxide rings is 1. The summed E-state index contributed by atoms with van der Waals surface area (Å²) < 4.78 is 11.9. The third kappa shape index (κ3) is 1.80. The zero-order valence-electron chi connectivity index (χ0n) is 18.8. The number of carbonyl (C=O) groups excluding carboxylic acids is 2. The Kier molecular flexibility index (Phi) is 3.31. The molecule has 1 spiro atoms. The number of fused-ring (bicyclic) bond motifs is 3. The standard InChI is InChI=1S/C26H30O5/c1-22(2)17(27)7-9-23(3)16-6-10-24(4)15(14-8-11-30-13-14)12-18-26(24,31-18)25(16,5)21(29)19(28)20(22)23/h7-9,11,13,15-16,18,28H,6,10,12H2,1-5H3/t15-,16-,18-,23+,24+,25+,26+/m1/s1. The van der Waals surface area contributed by atoms with Crippen LogP contribution in [0.2, 0.25) is 0 Å². The van der Waals surface area contributed by atoms with Crippen LogP contribution in [0.5, 0.6) is 0 Å². The molecule has 4 aliphatic carbocycles. The first-order valence-electron chi connectivity index (χ1n) is 11.4. The lowest BCUT2D eigenvalue weighted by atomic mass is 9.39. The summed E-state index contributed by atoms with van der Waals surface area (Å²) in [5, 5.41) is 11.4. The van der Waals surface area contributed by atoms with E-state index in [9.17, 15) is 14.7 Å². The summed E-state index contributed by atoms with van der Waals surface area (Å²) in [6.45, 7) is 10.0. The summed E-state index contributed by atoms with van der Waals surface area (Å²) in [7, 11) is 0. The lowest BCUT2D eigenvalue weighted by molar-refractivity contribution is -0.162. The lowest BCUT2D eigenvalue weighted by Crippen LogP contribution is -2.66. The van der Waals surface area contributed by atoms with Gasteiger partial charge in [0.1, 0.15) is 5.60 Å². The summed E-state index contributed by atoms with van der Waals surface area (Å²) in [5.74, 6) is -0.312. The predicted molar refractivity (Wildman–Crippen MR) is 113 cm³/mol. The first-order chi connectivity index (χ1) is 14.5. The second-order valence-electron chi connectivity index (χ2n) is 11.6. The molecule has 1 aromatic rings. The van der Waals surface area contributed by atoms with Crippen molar-refractivity contribution in [2.45, 2.75) is 71.5 Å². The van der Waals surface area contributed by atoms with Crippen molar-refractivity contribution in [1.29, 1.82) is 0 Å². The number of hydrogen-bond acceptors (Lipinski definition) is 5. The van der Waals surface area contributed by atoms with Gasteiger partial charge >= 0.3 is 0 Å². The van der Waals surface area contributed by atoms with E-state index in [0.717, 1.165) is 19.3 Å². The van der Waals surface area contributed by atoms with Crippen LogP contribution in [0.1, 0.15) is 65.4 Å². The Morgan fingerprint density at radius 3 is 2.55 bits per heavy atom. The second-order valence-corrected chi connectivity index (χ2v) is 11.6. The fourth-order valence-corrected chi connectivity index (χ4v) is 8.78. The minimum Gasteiger partial charge on any atom is -0.504 e. The minimum absolute atomic E-state index is 0.00527. The molecular formula is C26H30O5. The summed E-state index contributed by atoms with van der Waals surface area (Å²) in [6, 6.07) is 2.03. The molecule has 1 aromatic heterocycles. The smallest absolute Gasteiger partial charge is 0.206 e. The van der Waals surface area contributed by atoms with Crippen LogP contribution in [0, 0.1) is 27.6 Å².